The van der Waals surface area contributed by atoms with Gasteiger partial charge in [-0.1, -0.05) is 24.3 Å². The SMILES string of the molecule is COc1cccc(CC(=O)N2CCC(c3ccc(NC(=O)c4ccc(S(C)(=O)=O)c(F)c4)cc3)CC2)c1C. The number of rotatable bonds is 7. The van der Waals surface area contributed by atoms with Crippen LogP contribution in [0.5, 0.6) is 5.75 Å². The van der Waals surface area contributed by atoms with Crippen LogP contribution in [0.15, 0.2) is 65.6 Å². The number of hydrogen-bond acceptors (Lipinski definition) is 5. The van der Waals surface area contributed by atoms with Crippen LogP contribution in [0.25, 0.3) is 0 Å². The Labute approximate surface area is 222 Å². The molecule has 0 bridgehead atoms. The molecule has 7 nitrogen and oxygen atoms in total. The molecule has 0 saturated carbocycles. The number of halogens is 1. The zero-order chi connectivity index (χ0) is 27.4. The van der Waals surface area contributed by atoms with E-state index in [4.69, 9.17) is 4.74 Å². The minimum atomic E-state index is -3.71. The minimum Gasteiger partial charge on any atom is -0.496 e. The fraction of sp³-hybridized carbons (Fsp3) is 0.310. The van der Waals surface area contributed by atoms with E-state index >= 15 is 0 Å². The molecule has 2 amide bonds. The van der Waals surface area contributed by atoms with E-state index in [1.807, 2.05) is 42.2 Å². The molecular weight excluding hydrogens is 507 g/mol. The maximum absolute atomic E-state index is 14.2. The van der Waals surface area contributed by atoms with Gasteiger partial charge in [0.05, 0.1) is 13.5 Å². The summed E-state index contributed by atoms with van der Waals surface area (Å²) >= 11 is 0. The van der Waals surface area contributed by atoms with E-state index in [0.717, 1.165) is 53.7 Å². The highest BCUT2D eigenvalue weighted by molar-refractivity contribution is 7.90. The number of sulfone groups is 1. The van der Waals surface area contributed by atoms with E-state index in [-0.39, 0.29) is 11.5 Å². The van der Waals surface area contributed by atoms with Gasteiger partial charge in [-0.2, -0.15) is 0 Å². The van der Waals surface area contributed by atoms with Crippen LogP contribution in [0.2, 0.25) is 0 Å². The third kappa shape index (κ3) is 6.22. The highest BCUT2D eigenvalue weighted by atomic mass is 32.2. The Morgan fingerprint density at radius 3 is 2.34 bits per heavy atom. The largest absolute Gasteiger partial charge is 0.496 e. The van der Waals surface area contributed by atoms with Crippen LogP contribution < -0.4 is 10.1 Å². The van der Waals surface area contributed by atoms with Crippen molar-refractivity contribution in [1.29, 1.82) is 0 Å². The van der Waals surface area contributed by atoms with Gasteiger partial charge in [0.15, 0.2) is 9.84 Å². The van der Waals surface area contributed by atoms with Gasteiger partial charge in [-0.25, -0.2) is 12.8 Å². The summed E-state index contributed by atoms with van der Waals surface area (Å²) < 4.78 is 42.7. The van der Waals surface area contributed by atoms with Gasteiger partial charge >= 0.3 is 0 Å². The summed E-state index contributed by atoms with van der Waals surface area (Å²) in [5.74, 6) is -0.293. The number of piperidine rings is 1. The second-order valence-electron chi connectivity index (χ2n) is 9.57. The molecule has 3 aromatic rings. The van der Waals surface area contributed by atoms with E-state index < -0.39 is 26.5 Å². The molecule has 1 fully saturated rings. The van der Waals surface area contributed by atoms with Crippen LogP contribution >= 0.6 is 0 Å². The number of amides is 2. The second-order valence-corrected chi connectivity index (χ2v) is 11.6. The van der Waals surface area contributed by atoms with E-state index in [2.05, 4.69) is 5.32 Å². The molecule has 1 aliphatic rings. The molecule has 1 N–H and O–H groups in total. The van der Waals surface area contributed by atoms with Crippen LogP contribution in [-0.2, 0) is 21.1 Å². The summed E-state index contributed by atoms with van der Waals surface area (Å²) in [6, 6.07) is 16.5. The normalized spacial score (nSPS) is 14.3. The van der Waals surface area contributed by atoms with Crippen LogP contribution in [0.4, 0.5) is 10.1 Å². The fourth-order valence-electron chi connectivity index (χ4n) is 4.79. The Balaban J connectivity index is 1.32. The summed E-state index contributed by atoms with van der Waals surface area (Å²) in [7, 11) is -2.08. The molecule has 4 rings (SSSR count). The van der Waals surface area contributed by atoms with Gasteiger partial charge in [0.1, 0.15) is 16.5 Å². The summed E-state index contributed by atoms with van der Waals surface area (Å²) in [6.45, 7) is 3.33. The number of ether oxygens (including phenoxy) is 1. The highest BCUT2D eigenvalue weighted by Crippen LogP contribution is 2.30. The van der Waals surface area contributed by atoms with Gasteiger partial charge in [-0.15, -0.1) is 0 Å². The summed E-state index contributed by atoms with van der Waals surface area (Å²) in [6.07, 6.45) is 2.96. The number of likely N-dealkylation sites (tertiary alicyclic amines) is 1. The molecule has 0 unspecified atom stereocenters. The van der Waals surface area contributed by atoms with Crippen molar-refractivity contribution in [2.24, 2.45) is 0 Å². The van der Waals surface area contributed by atoms with Gasteiger partial charge in [-0.3, -0.25) is 9.59 Å². The molecule has 1 saturated heterocycles. The number of carbonyl (C=O) groups excluding carboxylic acids is 2. The van der Waals surface area contributed by atoms with Crippen molar-refractivity contribution in [2.45, 2.75) is 37.0 Å². The molecule has 3 aromatic carbocycles. The third-order valence-electron chi connectivity index (χ3n) is 7.04. The summed E-state index contributed by atoms with van der Waals surface area (Å²) in [5.41, 5.74) is 3.67. The molecule has 1 aliphatic heterocycles. The van der Waals surface area contributed by atoms with Crippen molar-refractivity contribution < 1.29 is 27.1 Å². The topological polar surface area (TPSA) is 92.8 Å². The van der Waals surface area contributed by atoms with E-state index in [0.29, 0.717) is 31.1 Å². The van der Waals surface area contributed by atoms with Crippen molar-refractivity contribution in [3.05, 3.63) is 88.7 Å². The van der Waals surface area contributed by atoms with Crippen molar-refractivity contribution in [3.8, 4) is 5.75 Å². The van der Waals surface area contributed by atoms with Gasteiger partial charge < -0.3 is 15.0 Å². The van der Waals surface area contributed by atoms with E-state index in [9.17, 15) is 22.4 Å². The molecule has 0 aromatic heterocycles. The van der Waals surface area contributed by atoms with Crippen LogP contribution in [-0.4, -0.2) is 51.6 Å². The maximum atomic E-state index is 14.2. The fourth-order valence-corrected chi connectivity index (χ4v) is 5.52. The van der Waals surface area contributed by atoms with Gasteiger partial charge in [0.25, 0.3) is 5.91 Å². The summed E-state index contributed by atoms with van der Waals surface area (Å²) in [5, 5.41) is 2.71. The van der Waals surface area contributed by atoms with Gasteiger partial charge in [0.2, 0.25) is 5.91 Å². The molecule has 38 heavy (non-hydrogen) atoms. The average Bonchev–Trinajstić information content (AvgIpc) is 2.89. The molecule has 9 heteroatoms. The Kier molecular flexibility index (Phi) is 8.16. The predicted octanol–water partition coefficient (Wildman–Crippen LogP) is 4.75. The first-order chi connectivity index (χ1) is 18.1. The van der Waals surface area contributed by atoms with Gasteiger partial charge in [-0.05, 0) is 78.8 Å². The van der Waals surface area contributed by atoms with E-state index in [1.54, 1.807) is 19.2 Å². The molecular formula is C29H31FN2O5S. The van der Waals surface area contributed by atoms with Crippen LogP contribution in [0.3, 0.4) is 0 Å². The molecule has 0 aliphatic carbocycles. The van der Waals surface area contributed by atoms with Crippen molar-refractivity contribution in [1.82, 2.24) is 4.90 Å². The number of benzene rings is 3. The monoisotopic (exact) mass is 538 g/mol. The van der Waals surface area contributed by atoms with Crippen LogP contribution in [0.1, 0.15) is 45.8 Å². The summed E-state index contributed by atoms with van der Waals surface area (Å²) in [4.78, 5) is 26.9. The van der Waals surface area contributed by atoms with Crippen molar-refractivity contribution in [3.63, 3.8) is 0 Å². The molecule has 0 atom stereocenters. The number of nitrogens with zero attached hydrogens (tertiary/aromatic N) is 1. The average molecular weight is 539 g/mol. The number of hydrogen-bond donors (Lipinski definition) is 1. The first kappa shape index (κ1) is 27.3. The van der Waals surface area contributed by atoms with Crippen LogP contribution in [0, 0.1) is 12.7 Å². The molecule has 1 heterocycles. The zero-order valence-electron chi connectivity index (χ0n) is 21.7. The Morgan fingerprint density at radius 1 is 1.05 bits per heavy atom. The Hall–Kier alpha value is -3.72. The Bertz CT molecular complexity index is 1450. The lowest BCUT2D eigenvalue weighted by Crippen LogP contribution is -2.38. The first-order valence-corrected chi connectivity index (χ1v) is 14.3. The number of methoxy groups -OCH3 is 1. The molecule has 200 valence electrons. The number of nitrogens with one attached hydrogen (secondary N) is 1. The zero-order valence-corrected chi connectivity index (χ0v) is 22.5. The first-order valence-electron chi connectivity index (χ1n) is 12.4. The minimum absolute atomic E-state index is 0.0279. The van der Waals surface area contributed by atoms with E-state index in [1.165, 1.54) is 6.07 Å². The number of anilines is 1. The quantitative estimate of drug-likeness (QED) is 0.469. The van der Waals surface area contributed by atoms with Crippen molar-refractivity contribution in [2.75, 3.05) is 31.8 Å². The smallest absolute Gasteiger partial charge is 0.255 e. The Morgan fingerprint density at radius 2 is 1.74 bits per heavy atom. The maximum Gasteiger partial charge on any atom is 0.255 e. The molecule has 0 spiro atoms. The standard InChI is InChI=1S/C29H31FN2O5S/c1-19-22(5-4-6-26(19)37-2)18-28(33)32-15-13-21(14-16-32)20-7-10-24(11-8-20)31-29(34)23-9-12-27(25(30)17-23)38(3,35)36/h4-12,17,21H,13-16,18H2,1-3H3,(H,31,34). The lowest BCUT2D eigenvalue weighted by Gasteiger charge is -2.32. The molecule has 0 radical (unpaired) electrons. The second kappa shape index (κ2) is 11.3. The third-order valence-corrected chi connectivity index (χ3v) is 8.17. The lowest BCUT2D eigenvalue weighted by molar-refractivity contribution is -0.131. The highest BCUT2D eigenvalue weighted by Gasteiger charge is 2.24. The van der Waals surface area contributed by atoms with Gasteiger partial charge in [0, 0.05) is 30.6 Å². The number of carbonyl (C=O) groups is 2. The van der Waals surface area contributed by atoms with Crippen molar-refractivity contribution >= 4 is 27.3 Å². The predicted molar refractivity (Wildman–Crippen MR) is 144 cm³/mol. The lowest BCUT2D eigenvalue weighted by atomic mass is 9.89.